The first-order valence-electron chi connectivity index (χ1n) is 6.74. The summed E-state index contributed by atoms with van der Waals surface area (Å²) >= 11 is 9.28. The van der Waals surface area contributed by atoms with Crippen molar-refractivity contribution in [3.63, 3.8) is 0 Å². The molecule has 1 heterocycles. The van der Waals surface area contributed by atoms with E-state index in [1.165, 1.54) is 0 Å². The van der Waals surface area contributed by atoms with E-state index in [4.69, 9.17) is 11.6 Å². The van der Waals surface area contributed by atoms with E-state index in [0.717, 1.165) is 28.2 Å². The zero-order valence-corrected chi connectivity index (χ0v) is 14.5. The molecule has 0 saturated heterocycles. The zero-order valence-electron chi connectivity index (χ0n) is 12.1. The van der Waals surface area contributed by atoms with Gasteiger partial charge >= 0.3 is 6.18 Å². The molecule has 24 heavy (non-hydrogen) atoms. The number of carbonyl (C=O) groups excluding carboxylic acids is 1. The molecule has 0 radical (unpaired) electrons. The second-order valence-electron chi connectivity index (χ2n) is 5.22. The number of aliphatic imine (C=N–C) groups is 1. The summed E-state index contributed by atoms with van der Waals surface area (Å²) in [5, 5.41) is 2.70. The number of rotatable bonds is 1. The maximum atomic E-state index is 12.9. The van der Waals surface area contributed by atoms with E-state index in [1.54, 1.807) is 6.07 Å². The molecular formula is C16H9BrClF3N2O. The Hall–Kier alpha value is -1.86. The smallest absolute Gasteiger partial charge is 0.320 e. The van der Waals surface area contributed by atoms with Crippen LogP contribution in [0.2, 0.25) is 5.02 Å². The first kappa shape index (κ1) is 17.0. The normalized spacial score (nSPS) is 15.6. The lowest BCUT2D eigenvalue weighted by molar-refractivity contribution is -0.137. The summed E-state index contributed by atoms with van der Waals surface area (Å²) in [4.78, 5) is 16.3. The Labute approximate surface area is 148 Å². The number of hydrogen-bond acceptors (Lipinski definition) is 2. The van der Waals surface area contributed by atoms with Crippen LogP contribution in [0.5, 0.6) is 0 Å². The van der Waals surface area contributed by atoms with Crippen LogP contribution in [0.25, 0.3) is 0 Å². The van der Waals surface area contributed by atoms with Crippen LogP contribution >= 0.6 is 27.5 Å². The molecule has 0 atom stereocenters. The standard InChI is InChI=1S/C16H9BrClF3N2O/c1-7-4-9(17)6-10-13(7)23-15(24)14(10)22-12-5-8(16(19,20)21)2-3-11(12)18/h2-6H,1H3,(H,22,23,24). The lowest BCUT2D eigenvalue weighted by Gasteiger charge is -2.08. The highest BCUT2D eigenvalue weighted by Gasteiger charge is 2.32. The monoisotopic (exact) mass is 416 g/mol. The van der Waals surface area contributed by atoms with E-state index >= 15 is 0 Å². The van der Waals surface area contributed by atoms with Crippen LogP contribution in [0, 0.1) is 6.92 Å². The second-order valence-corrected chi connectivity index (χ2v) is 6.55. The predicted molar refractivity (Wildman–Crippen MR) is 90.2 cm³/mol. The van der Waals surface area contributed by atoms with Crippen LogP contribution in [0.4, 0.5) is 24.5 Å². The Morgan fingerprint density at radius 1 is 1.21 bits per heavy atom. The lowest BCUT2D eigenvalue weighted by atomic mass is 10.1. The molecule has 0 unspecified atom stereocenters. The molecule has 0 spiro atoms. The quantitative estimate of drug-likeness (QED) is 0.654. The van der Waals surface area contributed by atoms with Crippen LogP contribution in [0.15, 0.2) is 39.8 Å². The number of fused-ring (bicyclic) bond motifs is 1. The summed E-state index contributed by atoms with van der Waals surface area (Å²) in [6.45, 7) is 1.81. The van der Waals surface area contributed by atoms with Gasteiger partial charge in [-0.15, -0.1) is 0 Å². The van der Waals surface area contributed by atoms with Crippen molar-refractivity contribution < 1.29 is 18.0 Å². The molecule has 3 rings (SSSR count). The van der Waals surface area contributed by atoms with Crippen LogP contribution in [0.3, 0.4) is 0 Å². The molecule has 3 nitrogen and oxygen atoms in total. The maximum Gasteiger partial charge on any atom is 0.416 e. The molecule has 0 bridgehead atoms. The molecule has 0 saturated carbocycles. The zero-order chi connectivity index (χ0) is 17.6. The highest BCUT2D eigenvalue weighted by Crippen LogP contribution is 2.37. The van der Waals surface area contributed by atoms with Crippen LogP contribution in [0.1, 0.15) is 16.7 Å². The van der Waals surface area contributed by atoms with Crippen molar-refractivity contribution in [2.45, 2.75) is 13.1 Å². The number of aryl methyl sites for hydroxylation is 1. The number of nitrogens with one attached hydrogen (secondary N) is 1. The van der Waals surface area contributed by atoms with Gasteiger partial charge in [-0.05, 0) is 42.8 Å². The topological polar surface area (TPSA) is 41.5 Å². The van der Waals surface area contributed by atoms with Crippen LogP contribution < -0.4 is 5.32 Å². The second kappa shape index (κ2) is 5.89. The number of benzene rings is 2. The number of carbonyl (C=O) groups is 1. The summed E-state index contributed by atoms with van der Waals surface area (Å²) in [6.07, 6.45) is -4.52. The minimum atomic E-state index is -4.52. The number of nitrogens with zero attached hydrogens (tertiary/aromatic N) is 1. The van der Waals surface area contributed by atoms with E-state index in [2.05, 4.69) is 26.2 Å². The minimum Gasteiger partial charge on any atom is -0.320 e. The SMILES string of the molecule is Cc1cc(Br)cc2c1NC(=O)C2=Nc1cc(C(F)(F)F)ccc1Cl. The summed E-state index contributed by atoms with van der Waals surface area (Å²) in [6, 6.07) is 6.31. The van der Waals surface area contributed by atoms with Crippen molar-refractivity contribution in [2.24, 2.45) is 4.99 Å². The average Bonchev–Trinajstić information content (AvgIpc) is 2.77. The molecule has 0 aliphatic carbocycles. The molecular weight excluding hydrogens is 409 g/mol. The van der Waals surface area contributed by atoms with Gasteiger partial charge in [0.15, 0.2) is 0 Å². The number of anilines is 1. The van der Waals surface area contributed by atoms with Gasteiger partial charge in [0.2, 0.25) is 0 Å². The van der Waals surface area contributed by atoms with Crippen LogP contribution in [-0.4, -0.2) is 11.6 Å². The van der Waals surface area contributed by atoms with E-state index in [-0.39, 0.29) is 16.4 Å². The average molecular weight is 418 g/mol. The van der Waals surface area contributed by atoms with Crippen molar-refractivity contribution in [3.8, 4) is 0 Å². The van der Waals surface area contributed by atoms with Gasteiger partial charge < -0.3 is 5.32 Å². The van der Waals surface area contributed by atoms with E-state index in [0.29, 0.717) is 11.3 Å². The third-order valence-electron chi connectivity index (χ3n) is 3.51. The number of alkyl halides is 3. The van der Waals surface area contributed by atoms with Gasteiger partial charge in [-0.25, -0.2) is 4.99 Å². The van der Waals surface area contributed by atoms with Crippen molar-refractivity contribution in [1.29, 1.82) is 0 Å². The Morgan fingerprint density at radius 3 is 2.58 bits per heavy atom. The summed E-state index contributed by atoms with van der Waals surface area (Å²) < 4.78 is 39.3. The minimum absolute atomic E-state index is 0.0237. The third-order valence-corrected chi connectivity index (χ3v) is 4.29. The van der Waals surface area contributed by atoms with Crippen molar-refractivity contribution in [1.82, 2.24) is 0 Å². The first-order chi connectivity index (χ1) is 11.2. The van der Waals surface area contributed by atoms with Gasteiger partial charge in [-0.2, -0.15) is 13.2 Å². The van der Waals surface area contributed by atoms with Crippen molar-refractivity contribution >= 4 is 50.5 Å². The van der Waals surface area contributed by atoms with Crippen LogP contribution in [-0.2, 0) is 11.0 Å². The Balaban J connectivity index is 2.16. The van der Waals surface area contributed by atoms with Gasteiger partial charge in [0, 0.05) is 10.0 Å². The van der Waals surface area contributed by atoms with Crippen molar-refractivity contribution in [2.75, 3.05) is 5.32 Å². The molecule has 1 N–H and O–H groups in total. The fourth-order valence-corrected chi connectivity index (χ4v) is 3.13. The predicted octanol–water partition coefficient (Wildman–Crippen LogP) is 5.50. The van der Waals surface area contributed by atoms with Crippen molar-refractivity contribution in [3.05, 3.63) is 56.5 Å². The highest BCUT2D eigenvalue weighted by molar-refractivity contribution is 9.10. The molecule has 1 aliphatic heterocycles. The molecule has 1 amide bonds. The van der Waals surface area contributed by atoms with E-state index < -0.39 is 17.6 Å². The largest absolute Gasteiger partial charge is 0.416 e. The number of hydrogen-bond donors (Lipinski definition) is 1. The van der Waals surface area contributed by atoms with Gasteiger partial charge in [0.1, 0.15) is 5.71 Å². The van der Waals surface area contributed by atoms with Gasteiger partial charge in [0.05, 0.1) is 22.0 Å². The number of halogens is 5. The Bertz CT molecular complexity index is 894. The fourth-order valence-electron chi connectivity index (χ4n) is 2.40. The maximum absolute atomic E-state index is 12.9. The summed E-state index contributed by atoms with van der Waals surface area (Å²) in [5.41, 5.74) is 0.950. The van der Waals surface area contributed by atoms with Gasteiger partial charge in [-0.3, -0.25) is 4.79 Å². The Morgan fingerprint density at radius 2 is 1.92 bits per heavy atom. The molecule has 8 heteroatoms. The highest BCUT2D eigenvalue weighted by atomic mass is 79.9. The molecule has 124 valence electrons. The van der Waals surface area contributed by atoms with Gasteiger partial charge in [-0.1, -0.05) is 27.5 Å². The Kier molecular flexibility index (Phi) is 4.17. The van der Waals surface area contributed by atoms with E-state index in [1.807, 2.05) is 13.0 Å². The fraction of sp³-hybridized carbons (Fsp3) is 0.125. The molecule has 0 aromatic heterocycles. The molecule has 0 fully saturated rings. The number of amides is 1. The molecule has 1 aliphatic rings. The van der Waals surface area contributed by atoms with E-state index in [9.17, 15) is 18.0 Å². The first-order valence-corrected chi connectivity index (χ1v) is 7.91. The molecule has 2 aromatic carbocycles. The third kappa shape index (κ3) is 3.06. The van der Waals surface area contributed by atoms with Gasteiger partial charge in [0.25, 0.3) is 5.91 Å². The summed E-state index contributed by atoms with van der Waals surface area (Å²) in [5.74, 6) is -0.486. The summed E-state index contributed by atoms with van der Waals surface area (Å²) in [7, 11) is 0. The molecule has 2 aromatic rings. The lowest BCUT2D eigenvalue weighted by Crippen LogP contribution is -2.14.